The van der Waals surface area contributed by atoms with E-state index in [-0.39, 0.29) is 18.6 Å². The lowest BCUT2D eigenvalue weighted by atomic mass is 10.1. The largest absolute Gasteiger partial charge is 0.394 e. The van der Waals surface area contributed by atoms with Gasteiger partial charge in [0.1, 0.15) is 0 Å². The van der Waals surface area contributed by atoms with E-state index in [0.717, 1.165) is 19.3 Å². The molecule has 0 aliphatic rings. The van der Waals surface area contributed by atoms with Gasteiger partial charge in [0.15, 0.2) is 0 Å². The molecule has 0 fully saturated rings. The van der Waals surface area contributed by atoms with Crippen LogP contribution in [0.4, 0.5) is 0 Å². The number of amides is 1. The van der Waals surface area contributed by atoms with Gasteiger partial charge in [0.25, 0.3) is 0 Å². The molecule has 0 aliphatic carbocycles. The van der Waals surface area contributed by atoms with Crippen molar-refractivity contribution in [2.45, 2.75) is 77.7 Å². The molecule has 0 aliphatic heterocycles. The highest BCUT2D eigenvalue weighted by molar-refractivity contribution is 5.76. The molecule has 0 aromatic heterocycles. The molecular weight excluding hydrogens is 214 g/mol. The summed E-state index contributed by atoms with van der Waals surface area (Å²) in [5.74, 6) is 0.0828. The molecular formula is C14H29NO2. The smallest absolute Gasteiger partial charge is 0.220 e. The Morgan fingerprint density at radius 1 is 1.06 bits per heavy atom. The zero-order chi connectivity index (χ0) is 12.9. The molecule has 0 aromatic carbocycles. The van der Waals surface area contributed by atoms with E-state index in [9.17, 15) is 4.79 Å². The van der Waals surface area contributed by atoms with Crippen LogP contribution >= 0.6 is 0 Å². The normalized spacial score (nSPS) is 12.4. The minimum absolute atomic E-state index is 0.0409. The van der Waals surface area contributed by atoms with Crippen LogP contribution in [0.25, 0.3) is 0 Å². The van der Waals surface area contributed by atoms with E-state index in [4.69, 9.17) is 5.11 Å². The lowest BCUT2D eigenvalue weighted by Crippen LogP contribution is -2.36. The molecule has 0 heterocycles. The number of nitrogens with one attached hydrogen (secondary N) is 1. The van der Waals surface area contributed by atoms with Gasteiger partial charge in [0.05, 0.1) is 12.6 Å². The van der Waals surface area contributed by atoms with Gasteiger partial charge in [0, 0.05) is 6.42 Å². The molecule has 1 amide bonds. The summed E-state index contributed by atoms with van der Waals surface area (Å²) in [5.41, 5.74) is 0. The Bertz CT molecular complexity index is 179. The molecule has 2 N–H and O–H groups in total. The van der Waals surface area contributed by atoms with Crippen LogP contribution in [-0.4, -0.2) is 23.7 Å². The molecule has 102 valence electrons. The second-order valence-electron chi connectivity index (χ2n) is 4.73. The third-order valence-corrected chi connectivity index (χ3v) is 3.09. The molecule has 0 spiro atoms. The highest BCUT2D eigenvalue weighted by atomic mass is 16.3. The first-order chi connectivity index (χ1) is 8.24. The van der Waals surface area contributed by atoms with E-state index in [1.165, 1.54) is 32.1 Å². The molecule has 0 radical (unpaired) electrons. The van der Waals surface area contributed by atoms with E-state index in [1.807, 2.05) is 6.92 Å². The van der Waals surface area contributed by atoms with Crippen LogP contribution in [0, 0.1) is 0 Å². The first-order valence-corrected chi connectivity index (χ1v) is 7.14. The first-order valence-electron chi connectivity index (χ1n) is 7.14. The van der Waals surface area contributed by atoms with E-state index < -0.39 is 0 Å². The standard InChI is InChI=1S/C14H29NO2/c1-3-5-6-7-8-9-10-11-14(17)15-13(4-2)12-16/h13,16H,3-12H2,1-2H3,(H,15,17)/t13-/m1/s1. The fraction of sp³-hybridized carbons (Fsp3) is 0.929. The first kappa shape index (κ1) is 16.4. The summed E-state index contributed by atoms with van der Waals surface area (Å²) in [6, 6.07) is -0.0629. The van der Waals surface area contributed by atoms with Crippen molar-refractivity contribution in [2.24, 2.45) is 0 Å². The van der Waals surface area contributed by atoms with Crippen LogP contribution in [0.2, 0.25) is 0 Å². The summed E-state index contributed by atoms with van der Waals surface area (Å²) in [7, 11) is 0. The van der Waals surface area contributed by atoms with Gasteiger partial charge in [-0.25, -0.2) is 0 Å². The van der Waals surface area contributed by atoms with E-state index in [1.54, 1.807) is 0 Å². The van der Waals surface area contributed by atoms with Crippen molar-refractivity contribution in [3.05, 3.63) is 0 Å². The SMILES string of the molecule is CCCCCCCCCC(=O)N[C@H](CC)CO. The third kappa shape index (κ3) is 10.3. The quantitative estimate of drug-likeness (QED) is 0.548. The Hall–Kier alpha value is -0.570. The average molecular weight is 243 g/mol. The maximum Gasteiger partial charge on any atom is 0.220 e. The number of aliphatic hydroxyl groups excluding tert-OH is 1. The molecule has 17 heavy (non-hydrogen) atoms. The Kier molecular flexibility index (Phi) is 11.5. The van der Waals surface area contributed by atoms with Crippen LogP contribution in [0.1, 0.15) is 71.6 Å². The summed E-state index contributed by atoms with van der Waals surface area (Å²) in [4.78, 5) is 11.5. The van der Waals surface area contributed by atoms with E-state index >= 15 is 0 Å². The van der Waals surface area contributed by atoms with Crippen LogP contribution in [-0.2, 0) is 4.79 Å². The molecule has 0 rings (SSSR count). The van der Waals surface area contributed by atoms with Crippen molar-refractivity contribution in [1.82, 2.24) is 5.32 Å². The number of hydrogen-bond donors (Lipinski definition) is 2. The number of unbranched alkanes of at least 4 members (excludes halogenated alkanes) is 6. The van der Waals surface area contributed by atoms with Gasteiger partial charge in [-0.05, 0) is 12.8 Å². The fourth-order valence-electron chi connectivity index (χ4n) is 1.82. The molecule has 0 saturated heterocycles. The summed E-state index contributed by atoms with van der Waals surface area (Å²) in [6.45, 7) is 4.23. The molecule has 3 nitrogen and oxygen atoms in total. The minimum Gasteiger partial charge on any atom is -0.394 e. The molecule has 0 unspecified atom stereocenters. The van der Waals surface area contributed by atoms with Gasteiger partial charge in [-0.2, -0.15) is 0 Å². The maximum absolute atomic E-state index is 11.5. The van der Waals surface area contributed by atoms with Crippen LogP contribution in [0.3, 0.4) is 0 Å². The Labute approximate surface area is 106 Å². The van der Waals surface area contributed by atoms with Gasteiger partial charge in [0.2, 0.25) is 5.91 Å². The van der Waals surface area contributed by atoms with Crippen molar-refractivity contribution in [1.29, 1.82) is 0 Å². The summed E-state index contributed by atoms with van der Waals surface area (Å²) in [6.07, 6.45) is 9.98. The van der Waals surface area contributed by atoms with Crippen LogP contribution < -0.4 is 5.32 Å². The molecule has 1 atom stereocenters. The number of rotatable bonds is 11. The van der Waals surface area contributed by atoms with Gasteiger partial charge in [-0.1, -0.05) is 52.4 Å². The van der Waals surface area contributed by atoms with Crippen molar-refractivity contribution in [3.63, 3.8) is 0 Å². The molecule has 0 aromatic rings. The zero-order valence-corrected chi connectivity index (χ0v) is 11.5. The van der Waals surface area contributed by atoms with E-state index in [0.29, 0.717) is 6.42 Å². The van der Waals surface area contributed by atoms with Crippen molar-refractivity contribution in [2.75, 3.05) is 6.61 Å². The minimum atomic E-state index is -0.0629. The zero-order valence-electron chi connectivity index (χ0n) is 11.5. The Morgan fingerprint density at radius 2 is 1.65 bits per heavy atom. The maximum atomic E-state index is 11.5. The van der Waals surface area contributed by atoms with Crippen LogP contribution in [0.5, 0.6) is 0 Å². The van der Waals surface area contributed by atoms with Gasteiger partial charge in [-0.15, -0.1) is 0 Å². The highest BCUT2D eigenvalue weighted by Gasteiger charge is 2.08. The number of carbonyl (C=O) groups is 1. The molecule has 0 bridgehead atoms. The van der Waals surface area contributed by atoms with Crippen molar-refractivity contribution >= 4 is 5.91 Å². The van der Waals surface area contributed by atoms with Crippen molar-refractivity contribution < 1.29 is 9.90 Å². The monoisotopic (exact) mass is 243 g/mol. The lowest BCUT2D eigenvalue weighted by Gasteiger charge is -2.13. The summed E-state index contributed by atoms with van der Waals surface area (Å²) in [5, 5.41) is 11.8. The van der Waals surface area contributed by atoms with Gasteiger partial charge >= 0.3 is 0 Å². The highest BCUT2D eigenvalue weighted by Crippen LogP contribution is 2.08. The number of carbonyl (C=O) groups excluding carboxylic acids is 1. The fourth-order valence-corrected chi connectivity index (χ4v) is 1.82. The van der Waals surface area contributed by atoms with Gasteiger partial charge < -0.3 is 10.4 Å². The topological polar surface area (TPSA) is 49.3 Å². The third-order valence-electron chi connectivity index (χ3n) is 3.09. The van der Waals surface area contributed by atoms with Crippen molar-refractivity contribution in [3.8, 4) is 0 Å². The second kappa shape index (κ2) is 11.9. The Morgan fingerprint density at radius 3 is 2.18 bits per heavy atom. The van der Waals surface area contributed by atoms with Gasteiger partial charge in [-0.3, -0.25) is 4.79 Å². The number of hydrogen-bond acceptors (Lipinski definition) is 2. The second-order valence-corrected chi connectivity index (χ2v) is 4.73. The lowest BCUT2D eigenvalue weighted by molar-refractivity contribution is -0.122. The number of aliphatic hydroxyl groups is 1. The summed E-state index contributed by atoms with van der Waals surface area (Å²) < 4.78 is 0. The van der Waals surface area contributed by atoms with E-state index in [2.05, 4.69) is 12.2 Å². The van der Waals surface area contributed by atoms with Crippen LogP contribution in [0.15, 0.2) is 0 Å². The Balaban J connectivity index is 3.33. The molecule has 3 heteroatoms. The predicted molar refractivity (Wildman–Crippen MR) is 71.9 cm³/mol. The summed E-state index contributed by atoms with van der Waals surface area (Å²) >= 11 is 0. The predicted octanol–water partition coefficient (Wildman–Crippen LogP) is 3.01. The molecule has 0 saturated carbocycles. The average Bonchev–Trinajstić information content (AvgIpc) is 2.34.